The summed E-state index contributed by atoms with van der Waals surface area (Å²) in [5, 5.41) is 4.15. The molecule has 3 aliphatic rings. The summed E-state index contributed by atoms with van der Waals surface area (Å²) in [6, 6.07) is 6.71. The van der Waals surface area contributed by atoms with Crippen LogP contribution in [-0.4, -0.2) is 12.8 Å². The largest absolute Gasteiger partial charge is 0.497 e. The maximum atomic E-state index is 5.68. The van der Waals surface area contributed by atoms with Gasteiger partial charge in [-0.2, -0.15) is 5.10 Å². The van der Waals surface area contributed by atoms with E-state index in [-0.39, 0.29) is 5.41 Å². The fraction of sp³-hybridized carbons (Fsp3) is 0.632. The lowest BCUT2D eigenvalue weighted by Gasteiger charge is -2.49. The Balaban J connectivity index is 1.69. The minimum absolute atomic E-state index is 0.264. The molecule has 0 bridgehead atoms. The number of hydrogen-bond donors (Lipinski definition) is 1. The molecule has 0 aliphatic heterocycles. The second-order valence-corrected chi connectivity index (χ2v) is 7.55. The van der Waals surface area contributed by atoms with Gasteiger partial charge in [-0.1, -0.05) is 13.0 Å². The number of hydrazone groups is 1. The highest BCUT2D eigenvalue weighted by atomic mass is 16.5. The summed E-state index contributed by atoms with van der Waals surface area (Å²) in [7, 11) is 1.76. The Morgan fingerprint density at radius 1 is 1.23 bits per heavy atom. The van der Waals surface area contributed by atoms with E-state index in [4.69, 9.17) is 10.6 Å². The van der Waals surface area contributed by atoms with Crippen LogP contribution in [0.2, 0.25) is 0 Å². The van der Waals surface area contributed by atoms with Gasteiger partial charge < -0.3 is 10.6 Å². The first-order valence-electron chi connectivity index (χ1n) is 8.61. The predicted molar refractivity (Wildman–Crippen MR) is 89.2 cm³/mol. The molecular weight excluding hydrogens is 272 g/mol. The molecule has 118 valence electrons. The van der Waals surface area contributed by atoms with Gasteiger partial charge in [-0.3, -0.25) is 0 Å². The van der Waals surface area contributed by atoms with Crippen molar-refractivity contribution in [3.05, 3.63) is 29.3 Å². The molecule has 4 atom stereocenters. The van der Waals surface area contributed by atoms with Gasteiger partial charge in [0, 0.05) is 11.1 Å². The van der Waals surface area contributed by atoms with Crippen LogP contribution in [0.3, 0.4) is 0 Å². The topological polar surface area (TPSA) is 47.6 Å². The van der Waals surface area contributed by atoms with E-state index in [1.165, 1.54) is 43.4 Å². The number of nitrogens with zero attached hydrogens (tertiary/aromatic N) is 1. The maximum absolute atomic E-state index is 5.68. The minimum atomic E-state index is 0.264. The van der Waals surface area contributed by atoms with Crippen LogP contribution < -0.4 is 10.6 Å². The minimum Gasteiger partial charge on any atom is -0.497 e. The van der Waals surface area contributed by atoms with Gasteiger partial charge >= 0.3 is 0 Å². The van der Waals surface area contributed by atoms with E-state index in [1.54, 1.807) is 12.7 Å². The molecule has 0 amide bonds. The number of ether oxygens (including phenoxy) is 1. The van der Waals surface area contributed by atoms with Crippen LogP contribution in [0.5, 0.6) is 5.75 Å². The highest BCUT2D eigenvalue weighted by Crippen LogP contribution is 2.59. The molecule has 0 radical (unpaired) electrons. The van der Waals surface area contributed by atoms with Gasteiger partial charge in [0.1, 0.15) is 5.75 Å². The van der Waals surface area contributed by atoms with E-state index in [9.17, 15) is 0 Å². The Kier molecular flexibility index (Phi) is 3.21. The van der Waals surface area contributed by atoms with E-state index >= 15 is 0 Å². The van der Waals surface area contributed by atoms with Crippen LogP contribution in [0.1, 0.15) is 56.1 Å². The van der Waals surface area contributed by atoms with Gasteiger partial charge in [0.15, 0.2) is 0 Å². The third kappa shape index (κ3) is 1.84. The number of fused-ring (bicyclic) bond motifs is 5. The summed E-state index contributed by atoms with van der Waals surface area (Å²) in [5.74, 6) is 8.97. The Labute approximate surface area is 132 Å². The average molecular weight is 298 g/mol. The Morgan fingerprint density at radius 3 is 2.86 bits per heavy atom. The van der Waals surface area contributed by atoms with Crippen molar-refractivity contribution >= 4 is 5.71 Å². The van der Waals surface area contributed by atoms with Gasteiger partial charge in [-0.25, -0.2) is 0 Å². The standard InChI is InChI=1S/C19H26N2O/c1-19-10-9-15-14-6-4-13(22-2)11-12(14)3-5-16(15)17(19)7-8-18(19)21-20/h4,6,11,15-17H,3,5,7-10,20H2,1-2H3/b21-18-/t15-,16-,17-,19+/m1/s1. The Morgan fingerprint density at radius 2 is 2.09 bits per heavy atom. The van der Waals surface area contributed by atoms with Gasteiger partial charge in [0.05, 0.1) is 7.11 Å². The zero-order chi connectivity index (χ0) is 15.3. The molecule has 22 heavy (non-hydrogen) atoms. The van der Waals surface area contributed by atoms with Crippen LogP contribution >= 0.6 is 0 Å². The third-order valence-electron chi connectivity index (χ3n) is 6.83. The van der Waals surface area contributed by atoms with E-state index in [0.717, 1.165) is 29.9 Å². The summed E-state index contributed by atoms with van der Waals surface area (Å²) in [5.41, 5.74) is 4.63. The summed E-state index contributed by atoms with van der Waals surface area (Å²) in [4.78, 5) is 0. The molecule has 0 spiro atoms. The molecule has 2 saturated carbocycles. The summed E-state index contributed by atoms with van der Waals surface area (Å²) < 4.78 is 5.40. The van der Waals surface area contributed by atoms with Crippen molar-refractivity contribution in [3.8, 4) is 5.75 Å². The van der Waals surface area contributed by atoms with Crippen molar-refractivity contribution in [3.63, 3.8) is 0 Å². The first-order valence-corrected chi connectivity index (χ1v) is 8.61. The Hall–Kier alpha value is -1.51. The van der Waals surface area contributed by atoms with Gasteiger partial charge in [-0.15, -0.1) is 0 Å². The van der Waals surface area contributed by atoms with Crippen molar-refractivity contribution in [1.82, 2.24) is 0 Å². The fourth-order valence-corrected chi connectivity index (χ4v) is 5.69. The molecule has 1 aromatic carbocycles. The number of nitrogens with two attached hydrogens (primary N) is 1. The van der Waals surface area contributed by atoms with E-state index in [0.29, 0.717) is 0 Å². The predicted octanol–water partition coefficient (Wildman–Crippen LogP) is 3.87. The second kappa shape index (κ2) is 5.00. The molecule has 4 rings (SSSR count). The van der Waals surface area contributed by atoms with Crippen LogP contribution in [0.25, 0.3) is 0 Å². The molecule has 3 nitrogen and oxygen atoms in total. The first-order chi connectivity index (χ1) is 10.7. The molecule has 2 fully saturated rings. The third-order valence-corrected chi connectivity index (χ3v) is 6.83. The number of methoxy groups -OCH3 is 1. The van der Waals surface area contributed by atoms with Crippen LogP contribution in [0.15, 0.2) is 23.3 Å². The monoisotopic (exact) mass is 298 g/mol. The second-order valence-electron chi connectivity index (χ2n) is 7.55. The SMILES string of the molecule is COc1ccc2c(c1)CC[C@@H]1[C@@H]2CC[C@]2(C)/C(=N\N)CC[C@H]12. The smallest absolute Gasteiger partial charge is 0.119 e. The molecule has 0 aromatic heterocycles. The highest BCUT2D eigenvalue weighted by molar-refractivity contribution is 5.92. The number of hydrogen-bond acceptors (Lipinski definition) is 3. The zero-order valence-electron chi connectivity index (χ0n) is 13.6. The lowest BCUT2D eigenvalue weighted by atomic mass is 9.55. The fourth-order valence-electron chi connectivity index (χ4n) is 5.69. The van der Waals surface area contributed by atoms with Crippen molar-refractivity contribution in [1.29, 1.82) is 0 Å². The van der Waals surface area contributed by atoms with Crippen molar-refractivity contribution in [2.75, 3.05) is 7.11 Å². The summed E-state index contributed by atoms with van der Waals surface area (Å²) >= 11 is 0. The molecule has 0 heterocycles. The normalized spacial score (nSPS) is 38.3. The summed E-state index contributed by atoms with van der Waals surface area (Å²) in [6.45, 7) is 2.41. The average Bonchev–Trinajstić information content (AvgIpc) is 2.90. The van der Waals surface area contributed by atoms with Crippen LogP contribution in [0, 0.1) is 17.3 Å². The van der Waals surface area contributed by atoms with E-state index < -0.39 is 0 Å². The van der Waals surface area contributed by atoms with Gasteiger partial charge in [0.25, 0.3) is 0 Å². The zero-order valence-corrected chi connectivity index (χ0v) is 13.6. The van der Waals surface area contributed by atoms with Crippen molar-refractivity contribution < 1.29 is 4.74 Å². The molecular formula is C19H26N2O. The van der Waals surface area contributed by atoms with Crippen molar-refractivity contribution in [2.45, 2.75) is 51.4 Å². The molecule has 3 heteroatoms. The Bertz CT molecular complexity index is 624. The maximum Gasteiger partial charge on any atom is 0.119 e. The van der Waals surface area contributed by atoms with Crippen molar-refractivity contribution in [2.24, 2.45) is 28.2 Å². The van der Waals surface area contributed by atoms with E-state index in [2.05, 4.69) is 30.2 Å². The number of aryl methyl sites for hydroxylation is 1. The molecule has 0 saturated heterocycles. The van der Waals surface area contributed by atoms with E-state index in [1.807, 2.05) is 0 Å². The van der Waals surface area contributed by atoms with Crippen LogP contribution in [-0.2, 0) is 6.42 Å². The van der Waals surface area contributed by atoms with Crippen LogP contribution in [0.4, 0.5) is 0 Å². The lowest BCUT2D eigenvalue weighted by Crippen LogP contribution is -2.42. The molecule has 1 aromatic rings. The summed E-state index contributed by atoms with van der Waals surface area (Å²) in [6.07, 6.45) is 7.39. The van der Waals surface area contributed by atoms with Gasteiger partial charge in [-0.05, 0) is 79.5 Å². The number of rotatable bonds is 1. The lowest BCUT2D eigenvalue weighted by molar-refractivity contribution is 0.0955. The molecule has 0 unspecified atom stereocenters. The number of benzene rings is 1. The highest BCUT2D eigenvalue weighted by Gasteiger charge is 2.53. The molecule has 2 N–H and O–H groups in total. The quantitative estimate of drug-likeness (QED) is 0.632. The van der Waals surface area contributed by atoms with Gasteiger partial charge in [0.2, 0.25) is 0 Å². The molecule has 3 aliphatic carbocycles. The first kappa shape index (κ1) is 14.1.